The Kier molecular flexibility index (Phi) is 3.51. The van der Waals surface area contributed by atoms with E-state index in [1.54, 1.807) is 18.2 Å². The van der Waals surface area contributed by atoms with Crippen LogP contribution in [-0.4, -0.2) is 4.98 Å². The van der Waals surface area contributed by atoms with Gasteiger partial charge in [0.05, 0.1) is 5.69 Å². The normalized spacial score (nSPS) is 10.1. The lowest BCUT2D eigenvalue weighted by molar-refractivity contribution is 0.286. The molecule has 0 atom stereocenters. The van der Waals surface area contributed by atoms with Gasteiger partial charge in [-0.25, -0.2) is 9.37 Å². The van der Waals surface area contributed by atoms with Crippen molar-refractivity contribution in [3.63, 3.8) is 0 Å². The topological polar surface area (TPSA) is 22.1 Å². The summed E-state index contributed by atoms with van der Waals surface area (Å²) in [6, 6.07) is 11.8. The van der Waals surface area contributed by atoms with Crippen LogP contribution in [0.25, 0.3) is 0 Å². The standard InChI is InChI=1S/C12H9BrFNO/c13-12-7-3-4-9(15-12)8-16-11-6-2-1-5-10(11)14/h1-7H,8H2. The van der Waals surface area contributed by atoms with Crippen LogP contribution in [0.4, 0.5) is 4.39 Å². The molecule has 2 aromatic rings. The van der Waals surface area contributed by atoms with E-state index >= 15 is 0 Å². The van der Waals surface area contributed by atoms with Gasteiger partial charge in [-0.05, 0) is 40.2 Å². The monoisotopic (exact) mass is 281 g/mol. The average Bonchev–Trinajstić information content (AvgIpc) is 2.28. The molecule has 2 nitrogen and oxygen atoms in total. The van der Waals surface area contributed by atoms with Crippen LogP contribution in [0.3, 0.4) is 0 Å². The third kappa shape index (κ3) is 2.79. The van der Waals surface area contributed by atoms with E-state index < -0.39 is 0 Å². The Morgan fingerprint density at radius 2 is 1.94 bits per heavy atom. The molecule has 0 amide bonds. The van der Waals surface area contributed by atoms with Gasteiger partial charge in [0, 0.05) is 0 Å². The SMILES string of the molecule is Fc1ccccc1OCc1cccc(Br)n1. The van der Waals surface area contributed by atoms with Crippen molar-refractivity contribution in [1.82, 2.24) is 4.98 Å². The van der Waals surface area contributed by atoms with Gasteiger partial charge in [-0.3, -0.25) is 0 Å². The molecule has 1 aromatic heterocycles. The number of aromatic nitrogens is 1. The minimum Gasteiger partial charge on any atom is -0.484 e. The molecule has 0 N–H and O–H groups in total. The Bertz CT molecular complexity index is 490. The number of ether oxygens (including phenoxy) is 1. The fourth-order valence-corrected chi connectivity index (χ4v) is 1.62. The summed E-state index contributed by atoms with van der Waals surface area (Å²) in [4.78, 5) is 4.19. The van der Waals surface area contributed by atoms with Crippen molar-refractivity contribution in [3.8, 4) is 5.75 Å². The van der Waals surface area contributed by atoms with Crippen molar-refractivity contribution in [2.45, 2.75) is 6.61 Å². The molecule has 0 fully saturated rings. The Morgan fingerprint density at radius 3 is 2.69 bits per heavy atom. The van der Waals surface area contributed by atoms with E-state index in [1.807, 2.05) is 18.2 Å². The number of para-hydroxylation sites is 1. The van der Waals surface area contributed by atoms with E-state index in [2.05, 4.69) is 20.9 Å². The molecule has 0 radical (unpaired) electrons. The van der Waals surface area contributed by atoms with E-state index in [0.717, 1.165) is 10.3 Å². The predicted molar refractivity (Wildman–Crippen MR) is 62.7 cm³/mol. The fraction of sp³-hybridized carbons (Fsp3) is 0.0833. The highest BCUT2D eigenvalue weighted by Crippen LogP contribution is 2.17. The molecule has 16 heavy (non-hydrogen) atoms. The maximum absolute atomic E-state index is 13.2. The summed E-state index contributed by atoms with van der Waals surface area (Å²) >= 11 is 3.26. The Morgan fingerprint density at radius 1 is 1.12 bits per heavy atom. The molecular weight excluding hydrogens is 273 g/mol. The van der Waals surface area contributed by atoms with Crippen molar-refractivity contribution < 1.29 is 9.13 Å². The number of benzene rings is 1. The van der Waals surface area contributed by atoms with Crippen LogP contribution >= 0.6 is 15.9 Å². The van der Waals surface area contributed by atoms with Gasteiger partial charge in [-0.1, -0.05) is 18.2 Å². The van der Waals surface area contributed by atoms with Gasteiger partial charge in [0.2, 0.25) is 0 Å². The third-order valence-electron chi connectivity index (χ3n) is 1.98. The molecule has 1 aromatic carbocycles. The van der Waals surface area contributed by atoms with Crippen LogP contribution in [0.15, 0.2) is 47.1 Å². The first-order valence-electron chi connectivity index (χ1n) is 4.74. The predicted octanol–water partition coefficient (Wildman–Crippen LogP) is 3.56. The average molecular weight is 282 g/mol. The molecule has 1 heterocycles. The van der Waals surface area contributed by atoms with E-state index in [-0.39, 0.29) is 18.2 Å². The Hall–Kier alpha value is -1.42. The lowest BCUT2D eigenvalue weighted by Crippen LogP contribution is -1.99. The maximum atomic E-state index is 13.2. The lowest BCUT2D eigenvalue weighted by Gasteiger charge is -2.06. The summed E-state index contributed by atoms with van der Waals surface area (Å²) in [6.07, 6.45) is 0. The highest BCUT2D eigenvalue weighted by molar-refractivity contribution is 9.10. The van der Waals surface area contributed by atoms with Crippen LogP contribution in [0.2, 0.25) is 0 Å². The van der Waals surface area contributed by atoms with Crippen LogP contribution in [-0.2, 0) is 6.61 Å². The van der Waals surface area contributed by atoms with Crippen molar-refractivity contribution in [2.24, 2.45) is 0 Å². The zero-order valence-electron chi connectivity index (χ0n) is 8.36. The van der Waals surface area contributed by atoms with Crippen molar-refractivity contribution in [2.75, 3.05) is 0 Å². The fourth-order valence-electron chi connectivity index (χ4n) is 1.24. The van der Waals surface area contributed by atoms with Gasteiger partial charge in [0.15, 0.2) is 11.6 Å². The highest BCUT2D eigenvalue weighted by Gasteiger charge is 2.02. The Balaban J connectivity index is 2.05. The van der Waals surface area contributed by atoms with Crippen molar-refractivity contribution in [1.29, 1.82) is 0 Å². The summed E-state index contributed by atoms with van der Waals surface area (Å²) in [6.45, 7) is 0.250. The highest BCUT2D eigenvalue weighted by atomic mass is 79.9. The van der Waals surface area contributed by atoms with Crippen molar-refractivity contribution >= 4 is 15.9 Å². The molecule has 0 unspecified atom stereocenters. The van der Waals surface area contributed by atoms with Gasteiger partial charge in [-0.2, -0.15) is 0 Å². The second-order valence-corrected chi connectivity index (χ2v) is 3.98. The van der Waals surface area contributed by atoms with Gasteiger partial charge in [0.25, 0.3) is 0 Å². The number of rotatable bonds is 3. The smallest absolute Gasteiger partial charge is 0.165 e. The third-order valence-corrected chi connectivity index (χ3v) is 2.43. The minimum absolute atomic E-state index is 0.240. The zero-order chi connectivity index (χ0) is 11.4. The van der Waals surface area contributed by atoms with E-state index in [0.29, 0.717) is 0 Å². The molecule has 82 valence electrons. The van der Waals surface area contributed by atoms with Crippen LogP contribution < -0.4 is 4.74 Å². The summed E-state index contributed by atoms with van der Waals surface area (Å²) in [7, 11) is 0. The molecule has 0 saturated carbocycles. The summed E-state index contributed by atoms with van der Waals surface area (Å²) in [5.41, 5.74) is 0.748. The second kappa shape index (κ2) is 5.07. The molecule has 0 aliphatic heterocycles. The quantitative estimate of drug-likeness (QED) is 0.803. The second-order valence-electron chi connectivity index (χ2n) is 3.17. The van der Waals surface area contributed by atoms with Gasteiger partial charge in [0.1, 0.15) is 11.2 Å². The van der Waals surface area contributed by atoms with Crippen molar-refractivity contribution in [3.05, 3.63) is 58.6 Å². The van der Waals surface area contributed by atoms with Crippen LogP contribution in [0, 0.1) is 5.82 Å². The molecule has 0 aliphatic rings. The van der Waals surface area contributed by atoms with E-state index in [4.69, 9.17) is 4.74 Å². The van der Waals surface area contributed by atoms with Crippen LogP contribution in [0.1, 0.15) is 5.69 Å². The molecule has 2 rings (SSSR count). The first-order chi connectivity index (χ1) is 7.75. The maximum Gasteiger partial charge on any atom is 0.165 e. The Labute approximate surface area is 101 Å². The van der Waals surface area contributed by atoms with Gasteiger partial charge < -0.3 is 4.74 Å². The van der Waals surface area contributed by atoms with Crippen LogP contribution in [0.5, 0.6) is 5.75 Å². The first kappa shape index (κ1) is 11.1. The molecule has 0 saturated heterocycles. The first-order valence-corrected chi connectivity index (χ1v) is 5.54. The molecule has 0 bridgehead atoms. The number of hydrogen-bond acceptors (Lipinski definition) is 2. The zero-order valence-corrected chi connectivity index (χ0v) is 9.95. The summed E-state index contributed by atoms with van der Waals surface area (Å²) < 4.78 is 19.3. The van der Waals surface area contributed by atoms with Gasteiger partial charge >= 0.3 is 0 Å². The number of halogens is 2. The van der Waals surface area contributed by atoms with E-state index in [1.165, 1.54) is 6.07 Å². The molecule has 0 spiro atoms. The number of nitrogens with zero attached hydrogens (tertiary/aromatic N) is 1. The lowest BCUT2D eigenvalue weighted by atomic mass is 10.3. The summed E-state index contributed by atoms with van der Waals surface area (Å²) in [5, 5.41) is 0. The molecule has 4 heteroatoms. The molecular formula is C12H9BrFNO. The number of pyridine rings is 1. The number of hydrogen-bond donors (Lipinski definition) is 0. The minimum atomic E-state index is -0.363. The largest absolute Gasteiger partial charge is 0.484 e. The van der Waals surface area contributed by atoms with E-state index in [9.17, 15) is 4.39 Å². The molecule has 0 aliphatic carbocycles. The summed E-state index contributed by atoms with van der Waals surface area (Å²) in [5.74, 6) is -0.123. The van der Waals surface area contributed by atoms with Gasteiger partial charge in [-0.15, -0.1) is 0 Å².